The molecule has 4 nitrogen and oxygen atoms in total. The van der Waals surface area contributed by atoms with Crippen LogP contribution in [-0.2, 0) is 19.1 Å². The van der Waals surface area contributed by atoms with E-state index < -0.39 is 14.7 Å². The van der Waals surface area contributed by atoms with Gasteiger partial charge in [-0.3, -0.25) is 4.79 Å². The number of hydrogen-bond acceptors (Lipinski definition) is 4. The second-order valence-corrected chi connectivity index (χ2v) is 5.75. The van der Waals surface area contributed by atoms with Crippen molar-refractivity contribution in [1.29, 1.82) is 0 Å². The Hall–Kier alpha value is -0.783. The predicted octanol–water partition coefficient (Wildman–Crippen LogP) is 0.184. The second kappa shape index (κ2) is 6.64. The zero-order valence-electron chi connectivity index (χ0n) is 8.94. The summed E-state index contributed by atoms with van der Waals surface area (Å²) in [7, 11) is 1.00. The molecule has 0 aliphatic heterocycles. The predicted molar refractivity (Wildman–Crippen MR) is 55.5 cm³/mol. The SMILES string of the molecule is COC(OC)[SiH](C=C(C)C=O)C(C)=O. The van der Waals surface area contributed by atoms with Gasteiger partial charge in [0.1, 0.15) is 17.6 Å². The van der Waals surface area contributed by atoms with Crippen LogP contribution in [0.25, 0.3) is 0 Å². The van der Waals surface area contributed by atoms with Crippen molar-refractivity contribution in [3.8, 4) is 0 Å². The normalized spacial score (nSPS) is 14.2. The van der Waals surface area contributed by atoms with E-state index in [9.17, 15) is 9.59 Å². The molecule has 0 aliphatic rings. The first-order valence-corrected chi connectivity index (χ1v) is 6.17. The molecule has 0 fully saturated rings. The van der Waals surface area contributed by atoms with Crippen molar-refractivity contribution in [1.82, 2.24) is 0 Å². The second-order valence-electron chi connectivity index (χ2n) is 3.00. The minimum atomic E-state index is -1.97. The van der Waals surface area contributed by atoms with Crippen LogP contribution >= 0.6 is 0 Å². The lowest BCUT2D eigenvalue weighted by Gasteiger charge is -2.18. The Kier molecular flexibility index (Phi) is 6.27. The van der Waals surface area contributed by atoms with Gasteiger partial charge in [0.05, 0.1) is 0 Å². The molecule has 1 atom stereocenters. The fraction of sp³-hybridized carbons (Fsp3) is 0.556. The van der Waals surface area contributed by atoms with Gasteiger partial charge < -0.3 is 14.3 Å². The van der Waals surface area contributed by atoms with Gasteiger partial charge in [0.2, 0.25) is 8.80 Å². The van der Waals surface area contributed by atoms with Gasteiger partial charge >= 0.3 is 0 Å². The summed E-state index contributed by atoms with van der Waals surface area (Å²) in [5.74, 6) is -0.498. The molecule has 0 aliphatic carbocycles. The van der Waals surface area contributed by atoms with E-state index in [1.165, 1.54) is 21.1 Å². The zero-order valence-corrected chi connectivity index (χ0v) is 10.1. The van der Waals surface area contributed by atoms with E-state index in [1.807, 2.05) is 0 Å². The Balaban J connectivity index is 4.75. The smallest absolute Gasteiger partial charge is 0.205 e. The molecule has 0 saturated heterocycles. The standard InChI is InChI=1S/C9H16O4Si/c1-7(5-10)6-14(8(2)11)9(12-3)13-4/h5-6,9,14H,1-4H3. The van der Waals surface area contributed by atoms with Crippen LogP contribution in [0.5, 0.6) is 0 Å². The van der Waals surface area contributed by atoms with Crippen molar-refractivity contribution >= 4 is 20.5 Å². The third kappa shape index (κ3) is 3.95. The lowest BCUT2D eigenvalue weighted by Crippen LogP contribution is -2.39. The lowest BCUT2D eigenvalue weighted by atomic mass is 10.4. The van der Waals surface area contributed by atoms with Crippen LogP contribution in [-0.4, -0.2) is 40.6 Å². The van der Waals surface area contributed by atoms with E-state index >= 15 is 0 Å². The number of rotatable bonds is 6. The summed E-state index contributed by atoms with van der Waals surface area (Å²) in [6.45, 7) is 3.16. The van der Waals surface area contributed by atoms with E-state index in [0.717, 1.165) is 6.29 Å². The Morgan fingerprint density at radius 3 is 2.07 bits per heavy atom. The molecule has 0 amide bonds. The van der Waals surface area contributed by atoms with Gasteiger partial charge in [-0.05, 0) is 19.4 Å². The van der Waals surface area contributed by atoms with Crippen molar-refractivity contribution in [2.45, 2.75) is 19.8 Å². The van der Waals surface area contributed by atoms with Crippen molar-refractivity contribution in [2.24, 2.45) is 0 Å². The highest BCUT2D eigenvalue weighted by atomic mass is 28.3. The highest BCUT2D eigenvalue weighted by Gasteiger charge is 2.25. The average Bonchev–Trinajstić information content (AvgIpc) is 2.17. The van der Waals surface area contributed by atoms with Crippen molar-refractivity contribution < 1.29 is 19.1 Å². The molecule has 0 rings (SSSR count). The minimum absolute atomic E-state index is 0.0416. The number of allylic oxidation sites excluding steroid dienone is 1. The molecule has 0 saturated carbocycles. The maximum atomic E-state index is 11.3. The largest absolute Gasteiger partial charge is 0.359 e. The summed E-state index contributed by atoms with van der Waals surface area (Å²) in [5.41, 5.74) is 2.24. The third-order valence-electron chi connectivity index (χ3n) is 1.86. The fourth-order valence-electron chi connectivity index (χ4n) is 1.10. The summed E-state index contributed by atoms with van der Waals surface area (Å²) in [6.07, 6.45) is 0.728. The number of ether oxygens (including phenoxy) is 2. The molecule has 5 heteroatoms. The molecular formula is C9H16O4Si. The van der Waals surface area contributed by atoms with E-state index in [1.54, 1.807) is 12.6 Å². The molecule has 0 aromatic rings. The first kappa shape index (κ1) is 13.2. The molecule has 0 aromatic heterocycles. The highest BCUT2D eigenvalue weighted by molar-refractivity contribution is 6.94. The molecule has 14 heavy (non-hydrogen) atoms. The van der Waals surface area contributed by atoms with Gasteiger partial charge in [0.25, 0.3) is 0 Å². The summed E-state index contributed by atoms with van der Waals surface area (Å²) in [4.78, 5) is 21.7. The van der Waals surface area contributed by atoms with Gasteiger partial charge in [-0.15, -0.1) is 0 Å². The van der Waals surface area contributed by atoms with Crippen LogP contribution in [0.2, 0.25) is 0 Å². The van der Waals surface area contributed by atoms with Crippen LogP contribution in [0.15, 0.2) is 11.3 Å². The maximum Gasteiger partial charge on any atom is 0.205 e. The molecule has 0 heterocycles. The van der Waals surface area contributed by atoms with E-state index in [4.69, 9.17) is 9.47 Å². The maximum absolute atomic E-state index is 11.3. The van der Waals surface area contributed by atoms with Crippen LogP contribution in [0.4, 0.5) is 0 Å². The van der Waals surface area contributed by atoms with Crippen molar-refractivity contribution in [2.75, 3.05) is 14.2 Å². The Morgan fingerprint density at radius 1 is 1.29 bits per heavy atom. The minimum Gasteiger partial charge on any atom is -0.359 e. The summed E-state index contributed by atoms with van der Waals surface area (Å²) >= 11 is 0. The summed E-state index contributed by atoms with van der Waals surface area (Å²) in [5, 5.41) is 0.0416. The van der Waals surface area contributed by atoms with Crippen LogP contribution in [0, 0.1) is 0 Å². The molecule has 0 aromatic carbocycles. The number of aldehydes is 1. The average molecular weight is 216 g/mol. The van der Waals surface area contributed by atoms with E-state index in [0.29, 0.717) is 5.57 Å². The Bertz CT molecular complexity index is 233. The van der Waals surface area contributed by atoms with Gasteiger partial charge in [0, 0.05) is 14.2 Å². The quantitative estimate of drug-likeness (QED) is 0.275. The Morgan fingerprint density at radius 2 is 1.79 bits per heavy atom. The highest BCUT2D eigenvalue weighted by Crippen LogP contribution is 2.03. The first-order valence-electron chi connectivity index (χ1n) is 4.26. The van der Waals surface area contributed by atoms with Crippen molar-refractivity contribution in [3.63, 3.8) is 0 Å². The van der Waals surface area contributed by atoms with E-state index in [2.05, 4.69) is 0 Å². The zero-order chi connectivity index (χ0) is 11.1. The van der Waals surface area contributed by atoms with E-state index in [-0.39, 0.29) is 5.41 Å². The monoisotopic (exact) mass is 216 g/mol. The fourth-order valence-corrected chi connectivity index (χ4v) is 3.11. The van der Waals surface area contributed by atoms with Crippen LogP contribution < -0.4 is 0 Å². The summed E-state index contributed by atoms with van der Waals surface area (Å²) < 4.78 is 10.1. The number of carbonyl (C=O) groups is 2. The van der Waals surface area contributed by atoms with Gasteiger partial charge in [0.15, 0.2) is 0 Å². The molecule has 0 bridgehead atoms. The number of carbonyl (C=O) groups excluding carboxylic acids is 2. The molecule has 1 unspecified atom stereocenters. The topological polar surface area (TPSA) is 52.6 Å². The molecule has 0 N–H and O–H groups in total. The first-order chi connectivity index (χ1) is 6.56. The molecule has 0 radical (unpaired) electrons. The number of methoxy groups -OCH3 is 2. The summed E-state index contributed by atoms with van der Waals surface area (Å²) in [6, 6.07) is 0. The van der Waals surface area contributed by atoms with Gasteiger partial charge in [-0.1, -0.05) is 5.70 Å². The third-order valence-corrected chi connectivity index (χ3v) is 4.81. The van der Waals surface area contributed by atoms with Gasteiger partial charge in [-0.2, -0.15) is 0 Å². The van der Waals surface area contributed by atoms with Crippen LogP contribution in [0.1, 0.15) is 13.8 Å². The number of hydrogen-bond donors (Lipinski definition) is 0. The molecule has 80 valence electrons. The molecule has 0 spiro atoms. The van der Waals surface area contributed by atoms with Crippen LogP contribution in [0.3, 0.4) is 0 Å². The van der Waals surface area contributed by atoms with Crippen molar-refractivity contribution in [3.05, 3.63) is 11.3 Å². The van der Waals surface area contributed by atoms with Gasteiger partial charge in [-0.25, -0.2) is 0 Å². The Labute approximate surface area is 85.5 Å². The molecular weight excluding hydrogens is 200 g/mol. The lowest BCUT2D eigenvalue weighted by molar-refractivity contribution is -0.112.